The van der Waals surface area contributed by atoms with E-state index < -0.39 is 0 Å². The standard InChI is InChI=1S/C14H21BrN2O2/c1-10(14(2,3)4)8-16-9-11-7-12(15)5-6-13(11)17(18)19/h5-7,10,16H,8-9H2,1-4H3. The molecular weight excluding hydrogens is 308 g/mol. The Morgan fingerprint density at radius 2 is 2.05 bits per heavy atom. The number of rotatable bonds is 5. The Bertz CT molecular complexity index is 455. The van der Waals surface area contributed by atoms with Crippen LogP contribution in [-0.2, 0) is 6.54 Å². The summed E-state index contributed by atoms with van der Waals surface area (Å²) < 4.78 is 0.860. The van der Waals surface area contributed by atoms with Crippen molar-refractivity contribution in [2.45, 2.75) is 34.2 Å². The van der Waals surface area contributed by atoms with Crippen LogP contribution in [0.5, 0.6) is 0 Å². The molecule has 0 saturated heterocycles. The molecular formula is C14H21BrN2O2. The van der Waals surface area contributed by atoms with E-state index in [0.29, 0.717) is 18.0 Å². The zero-order valence-electron chi connectivity index (χ0n) is 11.9. The van der Waals surface area contributed by atoms with Crippen molar-refractivity contribution in [1.29, 1.82) is 0 Å². The van der Waals surface area contributed by atoms with Crippen LogP contribution in [0.1, 0.15) is 33.3 Å². The predicted molar refractivity (Wildman–Crippen MR) is 81.1 cm³/mol. The predicted octanol–water partition coefficient (Wildman–Crippen LogP) is 4.13. The van der Waals surface area contributed by atoms with Gasteiger partial charge in [-0.3, -0.25) is 10.1 Å². The van der Waals surface area contributed by atoms with E-state index in [-0.39, 0.29) is 16.0 Å². The quantitative estimate of drug-likeness (QED) is 0.653. The lowest BCUT2D eigenvalue weighted by atomic mass is 9.82. The molecule has 0 aromatic heterocycles. The molecule has 0 saturated carbocycles. The number of halogens is 1. The van der Waals surface area contributed by atoms with Gasteiger partial charge in [0.2, 0.25) is 0 Å². The summed E-state index contributed by atoms with van der Waals surface area (Å²) in [5.41, 5.74) is 1.11. The molecule has 1 aromatic carbocycles. The second-order valence-electron chi connectivity index (χ2n) is 5.93. The fourth-order valence-electron chi connectivity index (χ4n) is 1.60. The Hall–Kier alpha value is -0.940. The summed E-state index contributed by atoms with van der Waals surface area (Å²) in [4.78, 5) is 10.6. The van der Waals surface area contributed by atoms with Gasteiger partial charge < -0.3 is 5.32 Å². The van der Waals surface area contributed by atoms with Crippen molar-refractivity contribution in [2.24, 2.45) is 11.3 Å². The smallest absolute Gasteiger partial charge is 0.273 e. The van der Waals surface area contributed by atoms with Crippen LogP contribution in [0.2, 0.25) is 0 Å². The Labute approximate surface area is 122 Å². The molecule has 1 unspecified atom stereocenters. The molecule has 0 aliphatic carbocycles. The molecule has 0 aliphatic rings. The molecule has 0 amide bonds. The topological polar surface area (TPSA) is 55.2 Å². The van der Waals surface area contributed by atoms with E-state index in [4.69, 9.17) is 0 Å². The third-order valence-electron chi connectivity index (χ3n) is 3.48. The lowest BCUT2D eigenvalue weighted by Crippen LogP contribution is -2.29. The summed E-state index contributed by atoms with van der Waals surface area (Å²) in [6.07, 6.45) is 0. The van der Waals surface area contributed by atoms with E-state index in [1.54, 1.807) is 12.1 Å². The minimum absolute atomic E-state index is 0.166. The highest BCUT2D eigenvalue weighted by molar-refractivity contribution is 9.10. The van der Waals surface area contributed by atoms with Crippen LogP contribution in [0.3, 0.4) is 0 Å². The van der Waals surface area contributed by atoms with E-state index in [1.807, 2.05) is 0 Å². The van der Waals surface area contributed by atoms with Gasteiger partial charge in [-0.25, -0.2) is 0 Å². The first kappa shape index (κ1) is 16.1. The van der Waals surface area contributed by atoms with Crippen molar-refractivity contribution in [1.82, 2.24) is 5.32 Å². The van der Waals surface area contributed by atoms with E-state index in [2.05, 4.69) is 48.9 Å². The first-order valence-corrected chi connectivity index (χ1v) is 7.14. The van der Waals surface area contributed by atoms with Gasteiger partial charge in [0.25, 0.3) is 5.69 Å². The molecule has 5 heteroatoms. The fourth-order valence-corrected chi connectivity index (χ4v) is 2.01. The number of hydrogen-bond donors (Lipinski definition) is 1. The zero-order chi connectivity index (χ0) is 14.6. The number of nitrogens with one attached hydrogen (secondary N) is 1. The second kappa shape index (κ2) is 6.48. The molecule has 0 bridgehead atoms. The largest absolute Gasteiger partial charge is 0.312 e. The van der Waals surface area contributed by atoms with Crippen LogP contribution >= 0.6 is 15.9 Å². The summed E-state index contributed by atoms with van der Waals surface area (Å²) in [7, 11) is 0. The van der Waals surface area contributed by atoms with Crippen LogP contribution in [0, 0.1) is 21.4 Å². The molecule has 4 nitrogen and oxygen atoms in total. The third kappa shape index (κ3) is 4.91. The minimum Gasteiger partial charge on any atom is -0.312 e. The monoisotopic (exact) mass is 328 g/mol. The second-order valence-corrected chi connectivity index (χ2v) is 6.84. The summed E-state index contributed by atoms with van der Waals surface area (Å²) in [6, 6.07) is 5.03. The normalized spacial score (nSPS) is 13.3. The molecule has 1 N–H and O–H groups in total. The highest BCUT2D eigenvalue weighted by Crippen LogP contribution is 2.25. The van der Waals surface area contributed by atoms with Crippen molar-refractivity contribution in [3.63, 3.8) is 0 Å². The molecule has 106 valence electrons. The molecule has 19 heavy (non-hydrogen) atoms. The third-order valence-corrected chi connectivity index (χ3v) is 3.98. The van der Waals surface area contributed by atoms with Crippen molar-refractivity contribution < 1.29 is 4.92 Å². The molecule has 0 aliphatic heterocycles. The maximum Gasteiger partial charge on any atom is 0.273 e. The van der Waals surface area contributed by atoms with Gasteiger partial charge in [-0.15, -0.1) is 0 Å². The zero-order valence-corrected chi connectivity index (χ0v) is 13.5. The van der Waals surface area contributed by atoms with Gasteiger partial charge in [0.15, 0.2) is 0 Å². The Morgan fingerprint density at radius 3 is 2.58 bits per heavy atom. The number of nitrogens with zero attached hydrogens (tertiary/aromatic N) is 1. The molecule has 0 radical (unpaired) electrons. The van der Waals surface area contributed by atoms with Crippen molar-refractivity contribution in [3.8, 4) is 0 Å². The first-order chi connectivity index (χ1) is 8.71. The van der Waals surface area contributed by atoms with Crippen molar-refractivity contribution in [3.05, 3.63) is 38.3 Å². The van der Waals surface area contributed by atoms with Crippen molar-refractivity contribution in [2.75, 3.05) is 6.54 Å². The Balaban J connectivity index is 2.68. The summed E-state index contributed by atoms with van der Waals surface area (Å²) in [6.45, 7) is 10.1. The van der Waals surface area contributed by atoms with Gasteiger partial charge in [-0.05, 0) is 30.0 Å². The van der Waals surface area contributed by atoms with E-state index in [0.717, 1.165) is 11.0 Å². The van der Waals surface area contributed by atoms with Crippen LogP contribution in [0.4, 0.5) is 5.69 Å². The SMILES string of the molecule is CC(CNCc1cc(Br)ccc1[N+](=O)[O-])C(C)(C)C. The average Bonchev–Trinajstić information content (AvgIpc) is 2.27. The Kier molecular flexibility index (Phi) is 5.50. The van der Waals surface area contributed by atoms with E-state index in [1.165, 1.54) is 6.07 Å². The summed E-state index contributed by atoms with van der Waals surface area (Å²) in [5, 5.41) is 14.3. The van der Waals surface area contributed by atoms with E-state index >= 15 is 0 Å². The average molecular weight is 329 g/mol. The van der Waals surface area contributed by atoms with Gasteiger partial charge in [0, 0.05) is 22.6 Å². The highest BCUT2D eigenvalue weighted by Gasteiger charge is 2.20. The van der Waals surface area contributed by atoms with Crippen LogP contribution in [-0.4, -0.2) is 11.5 Å². The van der Waals surface area contributed by atoms with E-state index in [9.17, 15) is 10.1 Å². The maximum absolute atomic E-state index is 11.0. The fraction of sp³-hybridized carbons (Fsp3) is 0.571. The molecule has 0 heterocycles. The number of hydrogen-bond acceptors (Lipinski definition) is 3. The lowest BCUT2D eigenvalue weighted by molar-refractivity contribution is -0.385. The maximum atomic E-state index is 11.0. The van der Waals surface area contributed by atoms with Crippen LogP contribution < -0.4 is 5.32 Å². The highest BCUT2D eigenvalue weighted by atomic mass is 79.9. The first-order valence-electron chi connectivity index (χ1n) is 6.35. The lowest BCUT2D eigenvalue weighted by Gasteiger charge is -2.27. The van der Waals surface area contributed by atoms with Gasteiger partial charge in [0.1, 0.15) is 0 Å². The minimum atomic E-state index is -0.337. The Morgan fingerprint density at radius 1 is 1.42 bits per heavy atom. The van der Waals surface area contributed by atoms with Crippen LogP contribution in [0.15, 0.2) is 22.7 Å². The molecule has 1 atom stereocenters. The summed E-state index contributed by atoms with van der Waals surface area (Å²) in [5.74, 6) is 0.499. The van der Waals surface area contributed by atoms with Gasteiger partial charge >= 0.3 is 0 Å². The van der Waals surface area contributed by atoms with Gasteiger partial charge in [-0.1, -0.05) is 43.6 Å². The van der Waals surface area contributed by atoms with Crippen molar-refractivity contribution >= 4 is 21.6 Å². The number of benzene rings is 1. The molecule has 1 rings (SSSR count). The number of nitro benzene ring substituents is 1. The van der Waals surface area contributed by atoms with Gasteiger partial charge in [-0.2, -0.15) is 0 Å². The van der Waals surface area contributed by atoms with Gasteiger partial charge in [0.05, 0.1) is 4.92 Å². The molecule has 0 fully saturated rings. The molecule has 0 spiro atoms. The van der Waals surface area contributed by atoms with Crippen LogP contribution in [0.25, 0.3) is 0 Å². The number of nitro groups is 1. The molecule has 1 aromatic rings. The summed E-state index contributed by atoms with van der Waals surface area (Å²) >= 11 is 3.35.